The van der Waals surface area contributed by atoms with Crippen LogP contribution in [0.2, 0.25) is 5.02 Å². The van der Waals surface area contributed by atoms with E-state index in [0.29, 0.717) is 16.7 Å². The number of rotatable bonds is 4. The van der Waals surface area contributed by atoms with E-state index in [4.69, 9.17) is 16.1 Å². The molecule has 3 rings (SSSR count). The molecular weight excluding hydrogens is 318 g/mol. The van der Waals surface area contributed by atoms with Gasteiger partial charge in [0.25, 0.3) is 5.89 Å². The van der Waals surface area contributed by atoms with E-state index in [1.807, 2.05) is 13.8 Å². The van der Waals surface area contributed by atoms with Crippen molar-refractivity contribution in [2.75, 3.05) is 0 Å². The van der Waals surface area contributed by atoms with E-state index in [2.05, 4.69) is 26.3 Å². The fraction of sp³-hybridized carbons (Fsp3) is 0.400. The fourth-order valence-electron chi connectivity index (χ4n) is 2.39. The van der Waals surface area contributed by atoms with Crippen LogP contribution in [-0.2, 0) is 4.79 Å². The number of amides is 1. The third kappa shape index (κ3) is 3.69. The number of nitrogens with one attached hydrogen (secondary N) is 3. The van der Waals surface area contributed by atoms with Gasteiger partial charge in [-0.1, -0.05) is 16.8 Å². The molecule has 1 aromatic heterocycles. The van der Waals surface area contributed by atoms with Gasteiger partial charge in [0.1, 0.15) is 6.04 Å². The first-order valence-electron chi connectivity index (χ1n) is 7.44. The number of aromatic nitrogens is 2. The molecule has 7 nitrogen and oxygen atoms in total. The van der Waals surface area contributed by atoms with Gasteiger partial charge in [0.2, 0.25) is 5.91 Å². The molecule has 8 heteroatoms. The smallest absolute Gasteiger partial charge is 0.257 e. The average Bonchev–Trinajstić information content (AvgIpc) is 3.17. The lowest BCUT2D eigenvalue weighted by molar-refractivity contribution is -0.123. The zero-order valence-electron chi connectivity index (χ0n) is 12.8. The highest BCUT2D eigenvalue weighted by Crippen LogP contribution is 2.21. The van der Waals surface area contributed by atoms with Gasteiger partial charge < -0.3 is 9.84 Å². The molecule has 1 saturated heterocycles. The standard InChI is InChI=1S/C15H18ClN5O2/c1-8-7-12(20-19-8)14(22)17-9(2)13-18-15(23-21-13)10-3-5-11(16)6-4-10/h3-6,8-9,12,19-20H,7H2,1-2H3,(H,17,22). The Morgan fingerprint density at radius 1 is 1.39 bits per heavy atom. The summed E-state index contributed by atoms with van der Waals surface area (Å²) in [4.78, 5) is 16.5. The molecule has 1 aliphatic heterocycles. The van der Waals surface area contributed by atoms with Gasteiger partial charge in [0.15, 0.2) is 5.82 Å². The molecule has 0 aliphatic carbocycles. The van der Waals surface area contributed by atoms with Crippen LogP contribution >= 0.6 is 11.6 Å². The van der Waals surface area contributed by atoms with Crippen LogP contribution in [0.4, 0.5) is 0 Å². The molecule has 122 valence electrons. The molecule has 3 N–H and O–H groups in total. The molecule has 23 heavy (non-hydrogen) atoms. The molecule has 1 amide bonds. The molecule has 0 saturated carbocycles. The molecule has 0 radical (unpaired) electrons. The van der Waals surface area contributed by atoms with Gasteiger partial charge in [0.05, 0.1) is 6.04 Å². The van der Waals surface area contributed by atoms with E-state index >= 15 is 0 Å². The Morgan fingerprint density at radius 2 is 2.13 bits per heavy atom. The Kier molecular flexibility index (Phi) is 4.61. The predicted molar refractivity (Wildman–Crippen MR) is 85.4 cm³/mol. The fourth-order valence-corrected chi connectivity index (χ4v) is 2.51. The summed E-state index contributed by atoms with van der Waals surface area (Å²) in [5.41, 5.74) is 6.76. The number of hydrazine groups is 1. The Morgan fingerprint density at radius 3 is 2.78 bits per heavy atom. The van der Waals surface area contributed by atoms with Crippen LogP contribution in [0.3, 0.4) is 0 Å². The van der Waals surface area contributed by atoms with Gasteiger partial charge in [0, 0.05) is 16.6 Å². The van der Waals surface area contributed by atoms with Crippen molar-refractivity contribution < 1.29 is 9.32 Å². The Hall–Kier alpha value is -1.96. The second kappa shape index (κ2) is 6.66. The maximum Gasteiger partial charge on any atom is 0.257 e. The van der Waals surface area contributed by atoms with Crippen molar-refractivity contribution >= 4 is 17.5 Å². The minimum absolute atomic E-state index is 0.0906. The van der Waals surface area contributed by atoms with Gasteiger partial charge in [-0.05, 0) is 44.5 Å². The van der Waals surface area contributed by atoms with E-state index in [9.17, 15) is 4.79 Å². The van der Waals surface area contributed by atoms with Gasteiger partial charge in [-0.25, -0.2) is 5.43 Å². The average molecular weight is 336 g/mol. The Labute approximate surface area is 138 Å². The first-order valence-corrected chi connectivity index (χ1v) is 7.81. The Balaban J connectivity index is 1.65. The second-order valence-electron chi connectivity index (χ2n) is 5.67. The zero-order valence-corrected chi connectivity index (χ0v) is 13.6. The van der Waals surface area contributed by atoms with Gasteiger partial charge in [-0.2, -0.15) is 4.98 Å². The van der Waals surface area contributed by atoms with Crippen LogP contribution in [0, 0.1) is 0 Å². The summed E-state index contributed by atoms with van der Waals surface area (Å²) in [6, 6.07) is 6.79. The molecular formula is C15H18ClN5O2. The summed E-state index contributed by atoms with van der Waals surface area (Å²) >= 11 is 5.86. The van der Waals surface area contributed by atoms with Crippen molar-refractivity contribution in [1.29, 1.82) is 0 Å². The van der Waals surface area contributed by atoms with E-state index in [1.165, 1.54) is 0 Å². The first-order chi connectivity index (χ1) is 11.0. The van der Waals surface area contributed by atoms with Crippen molar-refractivity contribution in [2.45, 2.75) is 38.4 Å². The summed E-state index contributed by atoms with van der Waals surface area (Å²) in [5.74, 6) is 0.738. The van der Waals surface area contributed by atoms with Crippen molar-refractivity contribution in [1.82, 2.24) is 26.3 Å². The van der Waals surface area contributed by atoms with Crippen molar-refractivity contribution in [3.63, 3.8) is 0 Å². The highest BCUT2D eigenvalue weighted by Gasteiger charge is 2.28. The summed E-state index contributed by atoms with van der Waals surface area (Å²) in [5, 5.41) is 7.46. The monoisotopic (exact) mass is 335 g/mol. The van der Waals surface area contributed by atoms with Crippen molar-refractivity contribution in [2.24, 2.45) is 0 Å². The minimum atomic E-state index is -0.343. The van der Waals surface area contributed by atoms with Gasteiger partial charge >= 0.3 is 0 Å². The molecule has 0 bridgehead atoms. The minimum Gasteiger partial charge on any atom is -0.345 e. The summed E-state index contributed by atoms with van der Waals surface area (Å²) in [7, 11) is 0. The predicted octanol–water partition coefficient (Wildman–Crippen LogP) is 1.82. The lowest BCUT2D eigenvalue weighted by atomic mass is 10.1. The van der Waals surface area contributed by atoms with Crippen LogP contribution in [0.25, 0.3) is 11.5 Å². The topological polar surface area (TPSA) is 92.1 Å². The zero-order chi connectivity index (χ0) is 16.4. The van der Waals surface area contributed by atoms with Gasteiger partial charge in [-0.3, -0.25) is 10.2 Å². The maximum absolute atomic E-state index is 12.2. The van der Waals surface area contributed by atoms with E-state index in [1.54, 1.807) is 24.3 Å². The lowest BCUT2D eigenvalue weighted by Gasteiger charge is -2.13. The summed E-state index contributed by atoms with van der Waals surface area (Å²) in [6.45, 7) is 3.83. The molecule has 3 unspecified atom stereocenters. The second-order valence-corrected chi connectivity index (χ2v) is 6.11. The largest absolute Gasteiger partial charge is 0.345 e. The normalized spacial score (nSPS) is 22.0. The molecule has 2 heterocycles. The Bertz CT molecular complexity index is 687. The third-order valence-corrected chi connectivity index (χ3v) is 3.94. The maximum atomic E-state index is 12.2. The number of benzene rings is 1. The van der Waals surface area contributed by atoms with Gasteiger partial charge in [-0.15, -0.1) is 0 Å². The van der Waals surface area contributed by atoms with Crippen LogP contribution in [0.5, 0.6) is 0 Å². The van der Waals surface area contributed by atoms with Crippen LogP contribution in [-0.4, -0.2) is 28.1 Å². The highest BCUT2D eigenvalue weighted by molar-refractivity contribution is 6.30. The SMILES string of the molecule is CC1CC(C(=O)NC(C)c2noc(-c3ccc(Cl)cc3)n2)NN1. The number of carbonyl (C=O) groups excluding carboxylic acids is 1. The lowest BCUT2D eigenvalue weighted by Crippen LogP contribution is -2.44. The third-order valence-electron chi connectivity index (χ3n) is 3.69. The van der Waals surface area contributed by atoms with Crippen molar-refractivity contribution in [3.8, 4) is 11.5 Å². The first kappa shape index (κ1) is 15.9. The number of hydrogen-bond donors (Lipinski definition) is 3. The number of hydrogen-bond acceptors (Lipinski definition) is 6. The van der Waals surface area contributed by atoms with Crippen LogP contribution < -0.4 is 16.2 Å². The molecule has 3 atom stereocenters. The molecule has 1 fully saturated rings. The van der Waals surface area contributed by atoms with Crippen LogP contribution in [0.1, 0.15) is 32.1 Å². The van der Waals surface area contributed by atoms with E-state index in [-0.39, 0.29) is 24.0 Å². The number of carbonyl (C=O) groups is 1. The molecule has 1 aliphatic rings. The van der Waals surface area contributed by atoms with Crippen molar-refractivity contribution in [3.05, 3.63) is 35.1 Å². The highest BCUT2D eigenvalue weighted by atomic mass is 35.5. The molecule has 2 aromatic rings. The molecule has 1 aromatic carbocycles. The summed E-state index contributed by atoms with van der Waals surface area (Å²) in [6.07, 6.45) is 0.737. The number of nitrogens with zero attached hydrogens (tertiary/aromatic N) is 2. The summed E-state index contributed by atoms with van der Waals surface area (Å²) < 4.78 is 5.25. The number of halogens is 1. The molecule has 0 spiro atoms. The van der Waals surface area contributed by atoms with E-state index in [0.717, 1.165) is 12.0 Å². The van der Waals surface area contributed by atoms with E-state index < -0.39 is 0 Å². The quantitative estimate of drug-likeness (QED) is 0.789. The van der Waals surface area contributed by atoms with Crippen LogP contribution in [0.15, 0.2) is 28.8 Å².